The predicted molar refractivity (Wildman–Crippen MR) is 96.8 cm³/mol. The van der Waals surface area contributed by atoms with Crippen LogP contribution in [0.2, 0.25) is 0 Å². The van der Waals surface area contributed by atoms with Crippen LogP contribution in [0, 0.1) is 6.92 Å². The van der Waals surface area contributed by atoms with Crippen LogP contribution in [0.4, 0.5) is 0 Å². The zero-order valence-corrected chi connectivity index (χ0v) is 13.8. The van der Waals surface area contributed by atoms with E-state index in [0.29, 0.717) is 5.75 Å². The summed E-state index contributed by atoms with van der Waals surface area (Å²) in [5, 5.41) is 11.9. The highest BCUT2D eigenvalue weighted by Crippen LogP contribution is 2.22. The van der Waals surface area contributed by atoms with Gasteiger partial charge >= 0.3 is 0 Å². The number of hydrogen-bond acceptors (Lipinski definition) is 2. The number of rotatable bonds is 0. The van der Waals surface area contributed by atoms with Crippen molar-refractivity contribution < 1.29 is 5.11 Å². The molecular weight excluding hydrogens is 282 g/mol. The summed E-state index contributed by atoms with van der Waals surface area (Å²) in [6, 6.07) is 20.5. The molecule has 23 heavy (non-hydrogen) atoms. The van der Waals surface area contributed by atoms with E-state index in [2.05, 4.69) is 61.3 Å². The second-order valence-corrected chi connectivity index (χ2v) is 6.24. The smallest absolute Gasteiger partial charge is 0.115 e. The van der Waals surface area contributed by atoms with Gasteiger partial charge in [0, 0.05) is 13.1 Å². The third-order valence-corrected chi connectivity index (χ3v) is 4.40. The molecule has 0 amide bonds. The second-order valence-electron chi connectivity index (χ2n) is 6.24. The van der Waals surface area contributed by atoms with E-state index in [1.54, 1.807) is 6.07 Å². The van der Waals surface area contributed by atoms with Crippen molar-refractivity contribution in [3.63, 3.8) is 0 Å². The number of phenols is 1. The van der Waals surface area contributed by atoms with E-state index in [9.17, 15) is 5.11 Å². The number of aromatic hydroxyl groups is 1. The van der Waals surface area contributed by atoms with Crippen molar-refractivity contribution in [3.05, 3.63) is 77.4 Å². The molecule has 118 valence electrons. The minimum Gasteiger partial charge on any atom is -0.508 e. The van der Waals surface area contributed by atoms with Crippen LogP contribution in [0.1, 0.15) is 16.7 Å². The number of likely N-dealkylation sites (N-methyl/N-ethyl adjacent to an activating group) is 1. The first-order chi connectivity index (χ1) is 11.1. The van der Waals surface area contributed by atoms with E-state index in [1.165, 1.54) is 27.5 Å². The van der Waals surface area contributed by atoms with Gasteiger partial charge in [0.15, 0.2) is 0 Å². The fourth-order valence-corrected chi connectivity index (χ4v) is 3.07. The Hall–Kier alpha value is -2.32. The summed E-state index contributed by atoms with van der Waals surface area (Å²) in [7, 11) is 2.10. The summed E-state index contributed by atoms with van der Waals surface area (Å²) in [6.45, 7) is 4.23. The van der Waals surface area contributed by atoms with Crippen LogP contribution in [0.3, 0.4) is 0 Å². The molecule has 0 saturated heterocycles. The van der Waals surface area contributed by atoms with Crippen LogP contribution >= 0.6 is 0 Å². The van der Waals surface area contributed by atoms with Crippen LogP contribution in [-0.2, 0) is 13.0 Å². The molecule has 0 unspecified atom stereocenters. The van der Waals surface area contributed by atoms with E-state index in [0.717, 1.165) is 19.5 Å². The summed E-state index contributed by atoms with van der Waals surface area (Å²) >= 11 is 0. The Labute approximate surface area is 138 Å². The zero-order chi connectivity index (χ0) is 16.2. The number of nitrogens with zero attached hydrogens (tertiary/aromatic N) is 1. The zero-order valence-electron chi connectivity index (χ0n) is 13.8. The number of phenolic OH excluding ortho intramolecular Hbond substituents is 1. The van der Waals surface area contributed by atoms with Crippen LogP contribution in [-0.4, -0.2) is 23.6 Å². The summed E-state index contributed by atoms with van der Waals surface area (Å²) < 4.78 is 0. The Morgan fingerprint density at radius 2 is 1.70 bits per heavy atom. The van der Waals surface area contributed by atoms with Crippen molar-refractivity contribution in [2.75, 3.05) is 13.6 Å². The molecule has 0 fully saturated rings. The largest absolute Gasteiger partial charge is 0.508 e. The molecule has 4 rings (SSSR count). The SMILES string of the molecule is CN1CCc2ccc(O)cc2C1.Cc1cccc2ccccc12. The van der Waals surface area contributed by atoms with Crippen LogP contribution in [0.25, 0.3) is 10.8 Å². The lowest BCUT2D eigenvalue weighted by Crippen LogP contribution is -2.26. The summed E-state index contributed by atoms with van der Waals surface area (Å²) in [5.74, 6) is 0.379. The minimum atomic E-state index is 0.379. The first-order valence-corrected chi connectivity index (χ1v) is 8.07. The maximum absolute atomic E-state index is 9.26. The van der Waals surface area contributed by atoms with Crippen molar-refractivity contribution >= 4 is 10.8 Å². The van der Waals surface area contributed by atoms with Crippen LogP contribution in [0.5, 0.6) is 5.75 Å². The first-order valence-electron chi connectivity index (χ1n) is 8.07. The number of hydrogen-bond donors (Lipinski definition) is 1. The lowest BCUT2D eigenvalue weighted by Gasteiger charge is -2.24. The predicted octanol–water partition coefficient (Wildman–Crippen LogP) is 4.53. The molecule has 3 aromatic rings. The van der Waals surface area contributed by atoms with Gasteiger partial charge in [-0.15, -0.1) is 0 Å². The molecule has 1 aliphatic rings. The van der Waals surface area contributed by atoms with Crippen molar-refractivity contribution in [2.24, 2.45) is 0 Å². The number of benzene rings is 3. The van der Waals surface area contributed by atoms with E-state index in [4.69, 9.17) is 0 Å². The summed E-state index contributed by atoms with van der Waals surface area (Å²) in [5.41, 5.74) is 4.00. The summed E-state index contributed by atoms with van der Waals surface area (Å²) in [6.07, 6.45) is 1.10. The maximum Gasteiger partial charge on any atom is 0.115 e. The van der Waals surface area contributed by atoms with Crippen LogP contribution in [0.15, 0.2) is 60.7 Å². The minimum absolute atomic E-state index is 0.379. The second kappa shape index (κ2) is 6.84. The van der Waals surface area contributed by atoms with E-state index in [-0.39, 0.29) is 0 Å². The molecule has 2 heteroatoms. The molecule has 0 atom stereocenters. The Morgan fingerprint density at radius 3 is 2.52 bits per heavy atom. The molecule has 1 heterocycles. The Bertz CT molecular complexity index is 805. The van der Waals surface area contributed by atoms with Crippen molar-refractivity contribution in [2.45, 2.75) is 19.9 Å². The lowest BCUT2D eigenvalue weighted by molar-refractivity contribution is 0.312. The number of aryl methyl sites for hydroxylation is 1. The van der Waals surface area contributed by atoms with Gasteiger partial charge in [-0.3, -0.25) is 0 Å². The van der Waals surface area contributed by atoms with E-state index >= 15 is 0 Å². The average Bonchev–Trinajstić information content (AvgIpc) is 2.55. The molecule has 1 aliphatic heterocycles. The van der Waals surface area contributed by atoms with Gasteiger partial charge in [0.1, 0.15) is 5.75 Å². The molecule has 1 N–H and O–H groups in total. The third kappa shape index (κ3) is 3.72. The third-order valence-electron chi connectivity index (χ3n) is 4.40. The quantitative estimate of drug-likeness (QED) is 0.659. The number of fused-ring (bicyclic) bond motifs is 2. The summed E-state index contributed by atoms with van der Waals surface area (Å²) in [4.78, 5) is 2.27. The fourth-order valence-electron chi connectivity index (χ4n) is 3.07. The highest BCUT2D eigenvalue weighted by atomic mass is 16.3. The van der Waals surface area contributed by atoms with Gasteiger partial charge in [0.2, 0.25) is 0 Å². The Kier molecular flexibility index (Phi) is 4.63. The molecule has 3 aromatic carbocycles. The van der Waals surface area contributed by atoms with Gasteiger partial charge < -0.3 is 10.0 Å². The van der Waals surface area contributed by atoms with Crippen molar-refractivity contribution in [1.29, 1.82) is 0 Å². The normalized spacial score (nSPS) is 14.0. The molecule has 2 nitrogen and oxygen atoms in total. The molecule has 0 bridgehead atoms. The lowest BCUT2D eigenvalue weighted by atomic mass is 10.00. The molecule has 0 saturated carbocycles. The van der Waals surface area contributed by atoms with Gasteiger partial charge in [-0.1, -0.05) is 48.5 Å². The maximum atomic E-state index is 9.26. The Balaban J connectivity index is 0.000000136. The highest BCUT2D eigenvalue weighted by Gasteiger charge is 2.12. The monoisotopic (exact) mass is 305 g/mol. The molecule has 0 radical (unpaired) electrons. The fraction of sp³-hybridized carbons (Fsp3) is 0.238. The van der Waals surface area contributed by atoms with Gasteiger partial charge in [-0.25, -0.2) is 0 Å². The molecular formula is C21H23NO. The average molecular weight is 305 g/mol. The van der Waals surface area contributed by atoms with Crippen molar-refractivity contribution in [3.8, 4) is 5.75 Å². The van der Waals surface area contributed by atoms with E-state index < -0.39 is 0 Å². The standard InChI is InChI=1S/C11H10.C10H13NO/c1-9-5-4-7-10-6-2-3-8-11(9)10;1-11-5-4-8-2-3-10(12)6-9(8)7-11/h2-8H,1H3;2-3,6,12H,4-5,7H2,1H3. The van der Waals surface area contributed by atoms with E-state index in [1.807, 2.05) is 12.1 Å². The van der Waals surface area contributed by atoms with Gasteiger partial charge in [0.25, 0.3) is 0 Å². The highest BCUT2D eigenvalue weighted by molar-refractivity contribution is 5.85. The topological polar surface area (TPSA) is 23.5 Å². The molecule has 0 aromatic heterocycles. The van der Waals surface area contributed by atoms with Gasteiger partial charge in [-0.2, -0.15) is 0 Å². The van der Waals surface area contributed by atoms with Gasteiger partial charge in [0.05, 0.1) is 0 Å². The van der Waals surface area contributed by atoms with Crippen molar-refractivity contribution in [1.82, 2.24) is 4.90 Å². The Morgan fingerprint density at radius 1 is 0.913 bits per heavy atom. The van der Waals surface area contributed by atoms with Crippen LogP contribution < -0.4 is 0 Å². The molecule has 0 aliphatic carbocycles. The molecule has 0 spiro atoms. The first kappa shape index (κ1) is 15.6. The van der Waals surface area contributed by atoms with Gasteiger partial charge in [-0.05, 0) is 60.0 Å².